The molecular formula is C16H15BrF2N2O2. The van der Waals surface area contributed by atoms with Crippen LogP contribution in [0.1, 0.15) is 43.5 Å². The summed E-state index contributed by atoms with van der Waals surface area (Å²) in [5.41, 5.74) is -0.0779. The predicted molar refractivity (Wildman–Crippen MR) is 84.7 cm³/mol. The van der Waals surface area contributed by atoms with E-state index in [9.17, 15) is 13.6 Å². The molecule has 1 aliphatic heterocycles. The van der Waals surface area contributed by atoms with Gasteiger partial charge in [0.15, 0.2) is 11.6 Å². The third-order valence-corrected chi connectivity index (χ3v) is 5.28. The summed E-state index contributed by atoms with van der Waals surface area (Å²) in [6.07, 6.45) is 3.42. The second kappa shape index (κ2) is 5.63. The van der Waals surface area contributed by atoms with Crippen molar-refractivity contribution in [3.63, 3.8) is 0 Å². The lowest BCUT2D eigenvalue weighted by Gasteiger charge is -2.25. The molecule has 7 heteroatoms. The van der Waals surface area contributed by atoms with Gasteiger partial charge >= 0.3 is 0 Å². The van der Waals surface area contributed by atoms with Gasteiger partial charge in [-0.15, -0.1) is 0 Å². The maximum atomic E-state index is 13.8. The molecule has 4 nitrogen and oxygen atoms in total. The first-order valence-electron chi connectivity index (χ1n) is 7.75. The fourth-order valence-electron chi connectivity index (χ4n) is 3.19. The first kappa shape index (κ1) is 15.2. The van der Waals surface area contributed by atoms with Gasteiger partial charge in [0.1, 0.15) is 5.82 Å². The molecule has 0 amide bonds. The van der Waals surface area contributed by atoms with Crippen LogP contribution in [0.25, 0.3) is 10.9 Å². The molecular weight excluding hydrogens is 370 g/mol. The molecule has 1 aromatic heterocycles. The SMILES string of the molecule is O=c1c2cc(F)c(F)c(Br)c2nc(C2CCOCC2)n1C1CC1. The molecule has 0 atom stereocenters. The van der Waals surface area contributed by atoms with Gasteiger partial charge in [-0.1, -0.05) is 0 Å². The van der Waals surface area contributed by atoms with E-state index in [-0.39, 0.29) is 32.9 Å². The standard InChI is InChI=1S/C16H15BrF2N2O2/c17-12-13(19)11(18)7-10-14(12)20-15(8-3-5-23-6-4-8)21(16(10)22)9-1-2-9/h7-9H,1-6H2. The zero-order valence-electron chi connectivity index (χ0n) is 12.3. The monoisotopic (exact) mass is 384 g/mol. The number of nitrogens with zero attached hydrogens (tertiary/aromatic N) is 2. The lowest BCUT2D eigenvalue weighted by Crippen LogP contribution is -2.29. The van der Waals surface area contributed by atoms with E-state index in [1.165, 1.54) is 0 Å². The van der Waals surface area contributed by atoms with Crippen molar-refractivity contribution < 1.29 is 13.5 Å². The Morgan fingerprint density at radius 1 is 1.22 bits per heavy atom. The van der Waals surface area contributed by atoms with Crippen LogP contribution in [0.2, 0.25) is 0 Å². The predicted octanol–water partition coefficient (Wildman–Crippen LogP) is 3.67. The summed E-state index contributed by atoms with van der Waals surface area (Å²) >= 11 is 3.05. The Hall–Kier alpha value is -1.34. The Balaban J connectivity index is 2.00. The summed E-state index contributed by atoms with van der Waals surface area (Å²) in [7, 11) is 0. The molecule has 1 aromatic carbocycles. The summed E-state index contributed by atoms with van der Waals surface area (Å²) in [6, 6.07) is 1.08. The van der Waals surface area contributed by atoms with Gasteiger partial charge in [-0.3, -0.25) is 9.36 Å². The molecule has 1 aliphatic carbocycles. The molecule has 4 rings (SSSR count). The van der Waals surface area contributed by atoms with Crippen LogP contribution >= 0.6 is 15.9 Å². The summed E-state index contributed by atoms with van der Waals surface area (Å²) in [5, 5.41) is 0.124. The molecule has 0 bridgehead atoms. The maximum Gasteiger partial charge on any atom is 0.261 e. The summed E-state index contributed by atoms with van der Waals surface area (Å²) in [5.74, 6) is -1.25. The van der Waals surface area contributed by atoms with E-state index in [1.807, 2.05) is 0 Å². The number of rotatable bonds is 2. The van der Waals surface area contributed by atoms with Gasteiger partial charge in [-0.2, -0.15) is 0 Å². The average Bonchev–Trinajstić information content (AvgIpc) is 3.39. The smallest absolute Gasteiger partial charge is 0.261 e. The van der Waals surface area contributed by atoms with Crippen LogP contribution in [0.4, 0.5) is 8.78 Å². The van der Waals surface area contributed by atoms with Crippen molar-refractivity contribution in [2.24, 2.45) is 0 Å². The number of hydrogen-bond acceptors (Lipinski definition) is 3. The molecule has 2 aromatic rings. The number of hydrogen-bond donors (Lipinski definition) is 0. The fourth-order valence-corrected chi connectivity index (χ4v) is 3.68. The van der Waals surface area contributed by atoms with E-state index in [1.54, 1.807) is 4.57 Å². The fraction of sp³-hybridized carbons (Fsp3) is 0.500. The van der Waals surface area contributed by atoms with E-state index in [2.05, 4.69) is 20.9 Å². The summed E-state index contributed by atoms with van der Waals surface area (Å²) in [6.45, 7) is 1.25. The minimum Gasteiger partial charge on any atom is -0.381 e. The molecule has 0 N–H and O–H groups in total. The quantitative estimate of drug-likeness (QED) is 0.742. The summed E-state index contributed by atoms with van der Waals surface area (Å²) in [4.78, 5) is 17.4. The van der Waals surface area contributed by atoms with Gasteiger partial charge in [-0.25, -0.2) is 13.8 Å². The van der Waals surface area contributed by atoms with Crippen LogP contribution in [0.5, 0.6) is 0 Å². The highest BCUT2D eigenvalue weighted by molar-refractivity contribution is 9.10. The highest BCUT2D eigenvalue weighted by Gasteiger charge is 2.32. The minimum absolute atomic E-state index is 0.0825. The molecule has 2 aliphatic rings. The molecule has 1 saturated carbocycles. The number of benzene rings is 1. The Kier molecular flexibility index (Phi) is 3.72. The summed E-state index contributed by atoms with van der Waals surface area (Å²) < 4.78 is 34.5. The number of halogens is 3. The van der Waals surface area contributed by atoms with Gasteiger partial charge in [-0.05, 0) is 47.7 Å². The highest BCUT2D eigenvalue weighted by Crippen LogP contribution is 2.38. The Labute approximate surface area is 139 Å². The normalized spacial score (nSPS) is 19.4. The molecule has 1 saturated heterocycles. The first-order valence-corrected chi connectivity index (χ1v) is 8.54. The molecule has 122 valence electrons. The van der Waals surface area contributed by atoms with Crippen LogP contribution in [-0.4, -0.2) is 22.8 Å². The maximum absolute atomic E-state index is 13.8. The zero-order chi connectivity index (χ0) is 16.1. The van der Waals surface area contributed by atoms with Crippen LogP contribution in [0.15, 0.2) is 15.3 Å². The molecule has 0 radical (unpaired) electrons. The number of aromatic nitrogens is 2. The van der Waals surface area contributed by atoms with E-state index in [0.29, 0.717) is 19.0 Å². The lowest BCUT2D eigenvalue weighted by atomic mass is 9.98. The van der Waals surface area contributed by atoms with Gasteiger partial charge in [0.05, 0.1) is 15.4 Å². The van der Waals surface area contributed by atoms with Crippen LogP contribution in [0, 0.1) is 11.6 Å². The van der Waals surface area contributed by atoms with Crippen molar-refractivity contribution in [1.82, 2.24) is 9.55 Å². The average molecular weight is 385 g/mol. The minimum atomic E-state index is -1.04. The van der Waals surface area contributed by atoms with Gasteiger partial charge < -0.3 is 4.74 Å². The van der Waals surface area contributed by atoms with Crippen molar-refractivity contribution in [2.75, 3.05) is 13.2 Å². The number of fused-ring (bicyclic) bond motifs is 1. The van der Waals surface area contributed by atoms with E-state index in [0.717, 1.165) is 31.7 Å². The largest absolute Gasteiger partial charge is 0.381 e. The van der Waals surface area contributed by atoms with Crippen molar-refractivity contribution in [3.05, 3.63) is 38.4 Å². The van der Waals surface area contributed by atoms with Crippen molar-refractivity contribution in [1.29, 1.82) is 0 Å². The van der Waals surface area contributed by atoms with E-state index in [4.69, 9.17) is 4.74 Å². The zero-order valence-corrected chi connectivity index (χ0v) is 13.9. The van der Waals surface area contributed by atoms with Crippen LogP contribution in [-0.2, 0) is 4.74 Å². The Morgan fingerprint density at radius 3 is 2.57 bits per heavy atom. The molecule has 0 spiro atoms. The Bertz CT molecular complexity index is 842. The van der Waals surface area contributed by atoms with Gasteiger partial charge in [0, 0.05) is 25.2 Å². The van der Waals surface area contributed by atoms with Gasteiger partial charge in [0.2, 0.25) is 0 Å². The molecule has 23 heavy (non-hydrogen) atoms. The second-order valence-corrected chi connectivity index (χ2v) is 6.94. The van der Waals surface area contributed by atoms with Crippen molar-refractivity contribution in [3.8, 4) is 0 Å². The van der Waals surface area contributed by atoms with Crippen molar-refractivity contribution in [2.45, 2.75) is 37.6 Å². The third kappa shape index (κ3) is 2.50. The third-order valence-electron chi connectivity index (χ3n) is 4.56. The second-order valence-electron chi connectivity index (χ2n) is 6.15. The van der Waals surface area contributed by atoms with E-state index >= 15 is 0 Å². The van der Waals surface area contributed by atoms with Crippen LogP contribution < -0.4 is 5.56 Å². The van der Waals surface area contributed by atoms with Gasteiger partial charge in [0.25, 0.3) is 5.56 Å². The highest BCUT2D eigenvalue weighted by atomic mass is 79.9. The molecule has 2 heterocycles. The first-order chi connectivity index (χ1) is 11.1. The Morgan fingerprint density at radius 2 is 1.91 bits per heavy atom. The molecule has 2 fully saturated rings. The topological polar surface area (TPSA) is 44.1 Å². The van der Waals surface area contributed by atoms with Crippen LogP contribution in [0.3, 0.4) is 0 Å². The van der Waals surface area contributed by atoms with E-state index < -0.39 is 11.6 Å². The lowest BCUT2D eigenvalue weighted by molar-refractivity contribution is 0.0825. The van der Waals surface area contributed by atoms with Crippen molar-refractivity contribution >= 4 is 26.8 Å². The molecule has 0 unspecified atom stereocenters. The number of ether oxygens (including phenoxy) is 1.